The number of ether oxygens (including phenoxy) is 3. The van der Waals surface area contributed by atoms with Gasteiger partial charge < -0.3 is 24.6 Å². The Labute approximate surface area is 176 Å². The van der Waals surface area contributed by atoms with Crippen LogP contribution in [0.1, 0.15) is 38.4 Å². The van der Waals surface area contributed by atoms with Crippen LogP contribution in [0.15, 0.2) is 48.5 Å². The number of carbonyl (C=O) groups is 2. The van der Waals surface area contributed by atoms with Gasteiger partial charge in [-0.2, -0.15) is 0 Å². The fourth-order valence-corrected chi connectivity index (χ4v) is 2.86. The lowest BCUT2D eigenvalue weighted by atomic mass is 10.1. The summed E-state index contributed by atoms with van der Waals surface area (Å²) in [5.74, 6) is 1.20. The van der Waals surface area contributed by atoms with E-state index in [0.717, 1.165) is 5.75 Å². The number of aliphatic carboxylic acids is 1. The predicted molar refractivity (Wildman–Crippen MR) is 111 cm³/mol. The molecule has 0 radical (unpaired) electrons. The molecule has 3 rings (SSSR count). The van der Waals surface area contributed by atoms with Gasteiger partial charge in [-0.05, 0) is 62.1 Å². The molecule has 2 aromatic rings. The number of nitrogens with one attached hydrogen (secondary N) is 1. The zero-order chi connectivity index (χ0) is 21.5. The van der Waals surface area contributed by atoms with Gasteiger partial charge >= 0.3 is 5.97 Å². The number of carboxylic acids is 1. The maximum atomic E-state index is 11.7. The lowest BCUT2D eigenvalue weighted by Crippen LogP contribution is -2.35. The van der Waals surface area contributed by atoms with Gasteiger partial charge in [0.15, 0.2) is 0 Å². The van der Waals surface area contributed by atoms with Crippen LogP contribution in [-0.2, 0) is 9.59 Å². The van der Waals surface area contributed by atoms with Crippen LogP contribution in [0.25, 0.3) is 0 Å². The molecule has 2 atom stereocenters. The van der Waals surface area contributed by atoms with E-state index in [1.54, 1.807) is 48.5 Å². The lowest BCUT2D eigenvalue weighted by Gasteiger charge is -2.17. The first kappa shape index (κ1) is 21.5. The topological polar surface area (TPSA) is 94.1 Å². The van der Waals surface area contributed by atoms with Gasteiger partial charge in [0.2, 0.25) is 12.0 Å². The van der Waals surface area contributed by atoms with Crippen molar-refractivity contribution in [3.05, 3.63) is 54.1 Å². The van der Waals surface area contributed by atoms with Crippen LogP contribution < -0.4 is 19.5 Å². The van der Waals surface area contributed by atoms with E-state index in [1.807, 2.05) is 6.92 Å². The Hall–Kier alpha value is -3.22. The summed E-state index contributed by atoms with van der Waals surface area (Å²) in [5, 5.41) is 12.3. The van der Waals surface area contributed by atoms with Crippen LogP contribution in [0.3, 0.4) is 0 Å². The Balaban J connectivity index is 1.56. The number of rotatable bonds is 11. The van der Waals surface area contributed by atoms with E-state index < -0.39 is 12.1 Å². The van der Waals surface area contributed by atoms with Crippen LogP contribution in [-0.4, -0.2) is 36.2 Å². The summed E-state index contributed by atoms with van der Waals surface area (Å²) >= 11 is 0. The fraction of sp³-hybridized carbons (Fsp3) is 0.391. The minimum Gasteiger partial charge on any atom is -0.493 e. The molecule has 1 unspecified atom stereocenters. The number of carboxylic acid groups (broad SMARTS) is 1. The quantitative estimate of drug-likeness (QED) is 0.585. The Bertz CT molecular complexity index is 845. The zero-order valence-electron chi connectivity index (χ0n) is 17.2. The molecular weight excluding hydrogens is 386 g/mol. The summed E-state index contributed by atoms with van der Waals surface area (Å²) in [6.07, 6.45) is 1.30. The molecule has 1 fully saturated rings. The van der Waals surface area contributed by atoms with E-state index in [4.69, 9.17) is 14.2 Å². The fourth-order valence-electron chi connectivity index (χ4n) is 2.86. The highest BCUT2D eigenvalue weighted by Gasteiger charge is 2.23. The highest BCUT2D eigenvalue weighted by atomic mass is 16.5. The normalized spacial score (nSPS) is 15.0. The summed E-state index contributed by atoms with van der Waals surface area (Å²) in [5.41, 5.74) is 0.533. The van der Waals surface area contributed by atoms with Gasteiger partial charge in [0.25, 0.3) is 0 Å². The third-order valence-corrected chi connectivity index (χ3v) is 4.62. The zero-order valence-corrected chi connectivity index (χ0v) is 17.2. The number of benzene rings is 2. The Morgan fingerprint density at radius 1 is 1.00 bits per heavy atom. The largest absolute Gasteiger partial charge is 0.493 e. The molecule has 7 heteroatoms. The predicted octanol–water partition coefficient (Wildman–Crippen LogP) is 3.58. The van der Waals surface area contributed by atoms with Crippen LogP contribution in [0, 0.1) is 5.92 Å². The van der Waals surface area contributed by atoms with Crippen LogP contribution in [0.4, 0.5) is 0 Å². The standard InChI is InChI=1S/C23H27NO6/c1-15(24-16(2)25)13-28-20-9-11-21(12-10-20)30-22(23(26)27)18-5-7-19(8-6-18)29-14-17-3-4-17/h5-12,15,17,22H,3-4,13-14H2,1-2H3,(H,24,25)(H,26,27)/t15-,22?/m0/s1. The third-order valence-electron chi connectivity index (χ3n) is 4.62. The molecule has 0 spiro atoms. The molecule has 2 N–H and O–H groups in total. The Kier molecular flexibility index (Phi) is 7.17. The molecule has 0 heterocycles. The minimum atomic E-state index is -1.13. The van der Waals surface area contributed by atoms with E-state index in [9.17, 15) is 14.7 Å². The van der Waals surface area contributed by atoms with Crippen molar-refractivity contribution in [2.45, 2.75) is 38.8 Å². The summed E-state index contributed by atoms with van der Waals surface area (Å²) in [4.78, 5) is 22.8. The average molecular weight is 413 g/mol. The first-order valence-corrected chi connectivity index (χ1v) is 10.0. The van der Waals surface area contributed by atoms with Gasteiger partial charge in [-0.15, -0.1) is 0 Å². The summed E-state index contributed by atoms with van der Waals surface area (Å²) in [6, 6.07) is 13.5. The third kappa shape index (κ3) is 6.69. The number of hydrogen-bond acceptors (Lipinski definition) is 5. The smallest absolute Gasteiger partial charge is 0.349 e. The van der Waals surface area contributed by atoms with Gasteiger partial charge in [0.1, 0.15) is 23.9 Å². The van der Waals surface area contributed by atoms with Gasteiger partial charge in [-0.3, -0.25) is 4.79 Å². The first-order chi connectivity index (χ1) is 14.4. The average Bonchev–Trinajstić information content (AvgIpc) is 3.54. The van der Waals surface area contributed by atoms with Gasteiger partial charge in [0.05, 0.1) is 12.6 Å². The van der Waals surface area contributed by atoms with Crippen molar-refractivity contribution < 1.29 is 28.9 Å². The molecule has 0 bridgehead atoms. The van der Waals surface area contributed by atoms with Crippen molar-refractivity contribution in [1.29, 1.82) is 0 Å². The molecule has 0 aromatic heterocycles. The van der Waals surface area contributed by atoms with E-state index >= 15 is 0 Å². The minimum absolute atomic E-state index is 0.114. The van der Waals surface area contributed by atoms with Crippen LogP contribution in [0.2, 0.25) is 0 Å². The molecule has 1 amide bonds. The van der Waals surface area contributed by atoms with E-state index in [1.165, 1.54) is 19.8 Å². The molecule has 7 nitrogen and oxygen atoms in total. The number of carbonyl (C=O) groups excluding carboxylic acids is 1. The Morgan fingerprint density at radius 2 is 1.57 bits per heavy atom. The molecule has 0 aliphatic heterocycles. The number of hydrogen-bond donors (Lipinski definition) is 2. The lowest BCUT2D eigenvalue weighted by molar-refractivity contribution is -0.145. The monoisotopic (exact) mass is 413 g/mol. The van der Waals surface area contributed by atoms with Crippen molar-refractivity contribution >= 4 is 11.9 Å². The van der Waals surface area contributed by atoms with Crippen molar-refractivity contribution in [1.82, 2.24) is 5.32 Å². The molecule has 1 aliphatic rings. The van der Waals surface area contributed by atoms with Gasteiger partial charge in [0, 0.05) is 12.5 Å². The van der Waals surface area contributed by atoms with Gasteiger partial charge in [-0.25, -0.2) is 4.79 Å². The van der Waals surface area contributed by atoms with Crippen molar-refractivity contribution in [3.8, 4) is 17.2 Å². The second kappa shape index (κ2) is 10.0. The van der Waals surface area contributed by atoms with Crippen molar-refractivity contribution in [3.63, 3.8) is 0 Å². The molecule has 0 saturated heterocycles. The molecule has 1 aliphatic carbocycles. The van der Waals surface area contributed by atoms with Gasteiger partial charge in [-0.1, -0.05) is 12.1 Å². The highest BCUT2D eigenvalue weighted by molar-refractivity contribution is 5.75. The molecular formula is C23H27NO6. The first-order valence-electron chi connectivity index (χ1n) is 10.0. The second-order valence-electron chi connectivity index (χ2n) is 7.54. The van der Waals surface area contributed by atoms with Crippen molar-refractivity contribution in [2.24, 2.45) is 5.92 Å². The van der Waals surface area contributed by atoms with Crippen LogP contribution >= 0.6 is 0 Å². The van der Waals surface area contributed by atoms with E-state index in [2.05, 4.69) is 5.32 Å². The van der Waals surface area contributed by atoms with E-state index in [0.29, 0.717) is 36.2 Å². The summed E-state index contributed by atoms with van der Waals surface area (Å²) in [6.45, 7) is 4.33. The molecule has 1 saturated carbocycles. The molecule has 30 heavy (non-hydrogen) atoms. The highest BCUT2D eigenvalue weighted by Crippen LogP contribution is 2.30. The Morgan fingerprint density at radius 3 is 2.13 bits per heavy atom. The molecule has 2 aromatic carbocycles. The number of amides is 1. The summed E-state index contributed by atoms with van der Waals surface area (Å²) in [7, 11) is 0. The second-order valence-corrected chi connectivity index (χ2v) is 7.54. The van der Waals surface area contributed by atoms with Crippen molar-refractivity contribution in [2.75, 3.05) is 13.2 Å². The summed E-state index contributed by atoms with van der Waals surface area (Å²) < 4.78 is 17.0. The van der Waals surface area contributed by atoms with Crippen LogP contribution in [0.5, 0.6) is 17.2 Å². The SMILES string of the molecule is CC(=O)N[C@@H](C)COc1ccc(OC(C(=O)O)c2ccc(OCC3CC3)cc2)cc1. The van der Waals surface area contributed by atoms with E-state index in [-0.39, 0.29) is 11.9 Å². The molecule has 160 valence electrons. The maximum Gasteiger partial charge on any atom is 0.349 e. The maximum absolute atomic E-state index is 11.7.